The van der Waals surface area contributed by atoms with E-state index in [1.807, 2.05) is 44.2 Å². The molecular formula is C20H23BrN4O2S. The minimum atomic E-state index is -0.449. The number of carbonyl (C=O) groups excluding carboxylic acids is 1. The molecule has 0 radical (unpaired) electrons. The third-order valence-electron chi connectivity index (χ3n) is 4.27. The van der Waals surface area contributed by atoms with E-state index in [9.17, 15) is 4.79 Å². The molecule has 3 rings (SSSR count). The normalized spacial score (nSPS) is 11.1. The number of hydrogen-bond donors (Lipinski definition) is 1. The fraction of sp³-hybridized carbons (Fsp3) is 0.350. The number of halogens is 1. The molecule has 1 amide bonds. The van der Waals surface area contributed by atoms with Crippen molar-refractivity contribution >= 4 is 33.4 Å². The molecule has 6 nitrogen and oxygen atoms in total. The molecule has 3 aromatic rings. The number of nitrogens with zero attached hydrogens (tertiary/aromatic N) is 3. The lowest BCUT2D eigenvalue weighted by Crippen LogP contribution is -2.24. The van der Waals surface area contributed by atoms with Gasteiger partial charge in [0.1, 0.15) is 23.3 Å². The minimum Gasteiger partial charge on any atom is -0.445 e. The SMILES string of the molecule is Cc1sc(-n2c(C)nnc2C(C)C)c(CNC(=O)OCc2ccccc2)c1Br. The molecule has 2 heterocycles. The Hall–Kier alpha value is -2.19. The van der Waals surface area contributed by atoms with Gasteiger partial charge in [-0.25, -0.2) is 4.79 Å². The van der Waals surface area contributed by atoms with E-state index >= 15 is 0 Å². The van der Waals surface area contributed by atoms with Gasteiger partial charge in [-0.3, -0.25) is 4.57 Å². The smallest absolute Gasteiger partial charge is 0.407 e. The molecule has 2 aromatic heterocycles. The molecule has 0 unspecified atom stereocenters. The maximum absolute atomic E-state index is 12.2. The summed E-state index contributed by atoms with van der Waals surface area (Å²) in [6.07, 6.45) is -0.449. The van der Waals surface area contributed by atoms with Crippen molar-refractivity contribution < 1.29 is 9.53 Å². The van der Waals surface area contributed by atoms with E-state index in [1.54, 1.807) is 11.3 Å². The molecule has 0 bridgehead atoms. The van der Waals surface area contributed by atoms with Crippen LogP contribution in [0.3, 0.4) is 0 Å². The molecule has 1 N–H and O–H groups in total. The van der Waals surface area contributed by atoms with Crippen molar-refractivity contribution in [1.29, 1.82) is 0 Å². The van der Waals surface area contributed by atoms with Crippen LogP contribution in [-0.4, -0.2) is 20.9 Å². The van der Waals surface area contributed by atoms with Crippen molar-refractivity contribution in [1.82, 2.24) is 20.1 Å². The highest BCUT2D eigenvalue weighted by atomic mass is 79.9. The molecule has 0 saturated carbocycles. The first-order valence-electron chi connectivity index (χ1n) is 9.03. The Bertz CT molecular complexity index is 966. The highest BCUT2D eigenvalue weighted by molar-refractivity contribution is 9.10. The number of amides is 1. The number of aromatic nitrogens is 3. The second-order valence-electron chi connectivity index (χ2n) is 6.77. The first-order valence-corrected chi connectivity index (χ1v) is 10.6. The van der Waals surface area contributed by atoms with Crippen LogP contribution in [-0.2, 0) is 17.9 Å². The fourth-order valence-corrected chi connectivity index (χ4v) is 4.65. The van der Waals surface area contributed by atoms with Crippen molar-refractivity contribution in [3.05, 3.63) is 62.5 Å². The number of rotatable bonds is 6. The van der Waals surface area contributed by atoms with Gasteiger partial charge in [-0.1, -0.05) is 44.2 Å². The number of thiophene rings is 1. The highest BCUT2D eigenvalue weighted by Crippen LogP contribution is 2.37. The van der Waals surface area contributed by atoms with Crippen LogP contribution in [0.5, 0.6) is 0 Å². The standard InChI is InChI=1S/C20H23BrN4O2S/c1-12(2)18-24-23-14(4)25(18)19-16(17(21)13(3)28-19)10-22-20(26)27-11-15-8-6-5-7-9-15/h5-9,12H,10-11H2,1-4H3,(H,22,26). The predicted octanol–water partition coefficient (Wildman–Crippen LogP) is 5.26. The molecule has 0 aliphatic heterocycles. The zero-order chi connectivity index (χ0) is 20.3. The molecule has 0 aliphatic carbocycles. The summed E-state index contributed by atoms with van der Waals surface area (Å²) < 4.78 is 8.37. The summed E-state index contributed by atoms with van der Waals surface area (Å²) in [4.78, 5) is 13.3. The van der Waals surface area contributed by atoms with Crippen LogP contribution in [0, 0.1) is 13.8 Å². The van der Waals surface area contributed by atoms with E-state index in [2.05, 4.69) is 49.9 Å². The number of nitrogens with one attached hydrogen (secondary N) is 1. The maximum Gasteiger partial charge on any atom is 0.407 e. The third kappa shape index (κ3) is 4.44. The topological polar surface area (TPSA) is 69.0 Å². The van der Waals surface area contributed by atoms with E-state index in [0.29, 0.717) is 6.54 Å². The van der Waals surface area contributed by atoms with Crippen molar-refractivity contribution in [3.8, 4) is 5.00 Å². The van der Waals surface area contributed by atoms with Gasteiger partial charge in [-0.2, -0.15) is 0 Å². The third-order valence-corrected chi connectivity index (χ3v) is 6.74. The minimum absolute atomic E-state index is 0.235. The van der Waals surface area contributed by atoms with Crippen molar-refractivity contribution in [2.24, 2.45) is 0 Å². The summed E-state index contributed by atoms with van der Waals surface area (Å²) in [6.45, 7) is 8.76. The van der Waals surface area contributed by atoms with Gasteiger partial charge < -0.3 is 10.1 Å². The summed E-state index contributed by atoms with van der Waals surface area (Å²) in [6, 6.07) is 9.61. The quantitative estimate of drug-likeness (QED) is 0.542. The Morgan fingerprint density at radius 3 is 2.64 bits per heavy atom. The lowest BCUT2D eigenvalue weighted by molar-refractivity contribution is 0.139. The molecule has 1 aromatic carbocycles. The van der Waals surface area contributed by atoms with Crippen LogP contribution < -0.4 is 5.32 Å². The summed E-state index contributed by atoms with van der Waals surface area (Å²) >= 11 is 5.31. The Balaban J connectivity index is 1.76. The Morgan fingerprint density at radius 2 is 1.96 bits per heavy atom. The van der Waals surface area contributed by atoms with Gasteiger partial charge in [-0.15, -0.1) is 21.5 Å². The van der Waals surface area contributed by atoms with E-state index in [-0.39, 0.29) is 12.5 Å². The maximum atomic E-state index is 12.2. The average molecular weight is 463 g/mol. The molecule has 8 heteroatoms. The lowest BCUT2D eigenvalue weighted by atomic mass is 10.2. The number of aryl methyl sites for hydroxylation is 2. The summed E-state index contributed by atoms with van der Waals surface area (Å²) in [7, 11) is 0. The van der Waals surface area contributed by atoms with E-state index in [4.69, 9.17) is 4.74 Å². The van der Waals surface area contributed by atoms with E-state index in [1.165, 1.54) is 0 Å². The number of alkyl carbamates (subject to hydrolysis) is 1. The monoisotopic (exact) mass is 462 g/mol. The van der Waals surface area contributed by atoms with Crippen LogP contribution in [0.1, 0.15) is 47.4 Å². The van der Waals surface area contributed by atoms with Gasteiger partial charge in [0.15, 0.2) is 0 Å². The largest absolute Gasteiger partial charge is 0.445 e. The van der Waals surface area contributed by atoms with Gasteiger partial charge in [0.25, 0.3) is 0 Å². The first-order chi connectivity index (χ1) is 13.4. The van der Waals surface area contributed by atoms with Crippen molar-refractivity contribution in [2.45, 2.75) is 46.8 Å². The van der Waals surface area contributed by atoms with Gasteiger partial charge in [-0.05, 0) is 35.3 Å². The Kier molecular flexibility index (Phi) is 6.51. The van der Waals surface area contributed by atoms with Crippen molar-refractivity contribution in [3.63, 3.8) is 0 Å². The molecule has 0 saturated heterocycles. The highest BCUT2D eigenvalue weighted by Gasteiger charge is 2.22. The molecule has 0 spiro atoms. The fourth-order valence-electron chi connectivity index (χ4n) is 2.83. The molecule has 0 fully saturated rings. The number of hydrogen-bond acceptors (Lipinski definition) is 5. The number of benzene rings is 1. The first kappa shape index (κ1) is 20.5. The molecule has 0 atom stereocenters. The Morgan fingerprint density at radius 1 is 1.25 bits per heavy atom. The van der Waals surface area contributed by atoms with E-state index < -0.39 is 6.09 Å². The summed E-state index contributed by atoms with van der Waals surface area (Å²) in [5, 5.41) is 12.4. The van der Waals surface area contributed by atoms with Crippen molar-refractivity contribution in [2.75, 3.05) is 0 Å². The van der Waals surface area contributed by atoms with Crippen LogP contribution in [0.4, 0.5) is 4.79 Å². The van der Waals surface area contributed by atoms with Gasteiger partial charge in [0, 0.05) is 20.8 Å². The second-order valence-corrected chi connectivity index (χ2v) is 8.76. The van der Waals surface area contributed by atoms with Gasteiger partial charge in [0.2, 0.25) is 0 Å². The van der Waals surface area contributed by atoms with E-state index in [0.717, 1.165) is 37.1 Å². The van der Waals surface area contributed by atoms with Crippen LogP contribution >= 0.6 is 27.3 Å². The summed E-state index contributed by atoms with van der Waals surface area (Å²) in [5.74, 6) is 1.96. The Labute approximate surface area is 177 Å². The summed E-state index contributed by atoms with van der Waals surface area (Å²) in [5.41, 5.74) is 1.94. The second kappa shape index (κ2) is 8.87. The van der Waals surface area contributed by atoms with Crippen LogP contribution in [0.2, 0.25) is 0 Å². The van der Waals surface area contributed by atoms with Crippen LogP contribution in [0.15, 0.2) is 34.8 Å². The molecule has 0 aliphatic rings. The van der Waals surface area contributed by atoms with Crippen LogP contribution in [0.25, 0.3) is 5.00 Å². The zero-order valence-electron chi connectivity index (χ0n) is 16.3. The molecular weight excluding hydrogens is 440 g/mol. The number of ether oxygens (including phenoxy) is 1. The number of carbonyl (C=O) groups is 1. The average Bonchev–Trinajstić information content (AvgIpc) is 3.19. The van der Waals surface area contributed by atoms with Gasteiger partial charge in [0.05, 0.1) is 6.54 Å². The van der Waals surface area contributed by atoms with Gasteiger partial charge >= 0.3 is 6.09 Å². The molecule has 28 heavy (non-hydrogen) atoms. The lowest BCUT2D eigenvalue weighted by Gasteiger charge is -2.13. The predicted molar refractivity (Wildman–Crippen MR) is 114 cm³/mol. The molecule has 148 valence electrons. The zero-order valence-corrected chi connectivity index (χ0v) is 18.7.